The summed E-state index contributed by atoms with van der Waals surface area (Å²) in [7, 11) is 1.95. The smallest absolute Gasteiger partial charge is 0.131 e. The molecule has 3 nitrogen and oxygen atoms in total. The molecule has 96 valence electrons. The Morgan fingerprint density at radius 1 is 1.33 bits per heavy atom. The van der Waals surface area contributed by atoms with Crippen molar-refractivity contribution >= 4 is 17.4 Å². The molecule has 0 aliphatic carbocycles. The number of hydrogen-bond acceptors (Lipinski definition) is 2. The van der Waals surface area contributed by atoms with Gasteiger partial charge in [-0.1, -0.05) is 31.5 Å². The Balaban J connectivity index is 2.61. The van der Waals surface area contributed by atoms with E-state index in [9.17, 15) is 0 Å². The van der Waals surface area contributed by atoms with E-state index < -0.39 is 0 Å². The molecule has 0 bridgehead atoms. The number of aromatic nitrogens is 2. The lowest BCUT2D eigenvalue weighted by Gasteiger charge is -2.05. The fraction of sp³-hybridized carbons (Fsp3) is 0.357. The molecular formula is C14H18ClN3. The Bertz CT molecular complexity index is 585. The lowest BCUT2D eigenvalue weighted by molar-refractivity contribution is 0.715. The number of hydrogen-bond donors (Lipinski definition) is 1. The second-order valence-electron chi connectivity index (χ2n) is 4.88. The van der Waals surface area contributed by atoms with Gasteiger partial charge in [0, 0.05) is 23.6 Å². The summed E-state index contributed by atoms with van der Waals surface area (Å²) in [6, 6.07) is 5.77. The average molecular weight is 264 g/mol. The molecule has 4 heteroatoms. The summed E-state index contributed by atoms with van der Waals surface area (Å²) in [5.41, 5.74) is 9.12. The van der Waals surface area contributed by atoms with Crippen molar-refractivity contribution in [2.75, 3.05) is 5.73 Å². The Kier molecular flexibility index (Phi) is 3.35. The molecule has 0 aliphatic rings. The summed E-state index contributed by atoms with van der Waals surface area (Å²) >= 11 is 5.97. The van der Waals surface area contributed by atoms with Crippen molar-refractivity contribution in [2.45, 2.75) is 26.7 Å². The molecule has 1 aromatic carbocycles. The van der Waals surface area contributed by atoms with Crippen LogP contribution in [0.25, 0.3) is 11.3 Å². The van der Waals surface area contributed by atoms with E-state index >= 15 is 0 Å². The van der Waals surface area contributed by atoms with Crippen LogP contribution < -0.4 is 5.73 Å². The Hall–Kier alpha value is -1.48. The van der Waals surface area contributed by atoms with Gasteiger partial charge in [-0.05, 0) is 24.6 Å². The molecule has 18 heavy (non-hydrogen) atoms. The molecule has 0 saturated carbocycles. The Labute approximate surface area is 113 Å². The molecule has 0 radical (unpaired) electrons. The van der Waals surface area contributed by atoms with Gasteiger partial charge in [0.25, 0.3) is 0 Å². The standard InChI is InChI=1S/C14H18ClN3/c1-8(2)14-17-12(13(16)18(14)4)11-6-5-10(15)7-9(11)3/h5-8H,16H2,1-4H3. The maximum absolute atomic E-state index is 6.15. The molecule has 1 aromatic heterocycles. The fourth-order valence-corrected chi connectivity index (χ4v) is 2.36. The number of nitrogen functional groups attached to an aromatic ring is 1. The zero-order chi connectivity index (χ0) is 13.4. The van der Waals surface area contributed by atoms with E-state index in [1.54, 1.807) is 0 Å². The topological polar surface area (TPSA) is 43.8 Å². The van der Waals surface area contributed by atoms with E-state index in [4.69, 9.17) is 17.3 Å². The van der Waals surface area contributed by atoms with Crippen molar-refractivity contribution in [3.05, 3.63) is 34.6 Å². The van der Waals surface area contributed by atoms with Crippen molar-refractivity contribution < 1.29 is 0 Å². The van der Waals surface area contributed by atoms with Crippen LogP contribution in [-0.4, -0.2) is 9.55 Å². The third kappa shape index (κ3) is 2.10. The lowest BCUT2D eigenvalue weighted by Crippen LogP contribution is -2.02. The number of halogens is 1. The molecule has 2 rings (SSSR count). The van der Waals surface area contributed by atoms with E-state index in [1.807, 2.05) is 36.7 Å². The summed E-state index contributed by atoms with van der Waals surface area (Å²) in [6.45, 7) is 6.24. The van der Waals surface area contributed by atoms with Crippen molar-refractivity contribution in [3.8, 4) is 11.3 Å². The predicted octanol–water partition coefficient (Wildman–Crippen LogP) is 3.75. The van der Waals surface area contributed by atoms with Gasteiger partial charge in [0.15, 0.2) is 0 Å². The van der Waals surface area contributed by atoms with Gasteiger partial charge in [0.05, 0.1) is 0 Å². The van der Waals surface area contributed by atoms with Crippen molar-refractivity contribution in [2.24, 2.45) is 7.05 Å². The van der Waals surface area contributed by atoms with Crippen molar-refractivity contribution in [1.82, 2.24) is 9.55 Å². The molecule has 0 unspecified atom stereocenters. The van der Waals surface area contributed by atoms with Crippen LogP contribution in [0.1, 0.15) is 31.2 Å². The van der Waals surface area contributed by atoms with Crippen LogP contribution in [0.15, 0.2) is 18.2 Å². The highest BCUT2D eigenvalue weighted by Gasteiger charge is 2.17. The zero-order valence-electron chi connectivity index (χ0n) is 11.2. The minimum Gasteiger partial charge on any atom is -0.383 e. The highest BCUT2D eigenvalue weighted by Crippen LogP contribution is 2.31. The van der Waals surface area contributed by atoms with Crippen LogP contribution in [0.5, 0.6) is 0 Å². The number of nitrogens with two attached hydrogens (primary N) is 1. The van der Waals surface area contributed by atoms with Crippen molar-refractivity contribution in [3.63, 3.8) is 0 Å². The Morgan fingerprint density at radius 2 is 2.00 bits per heavy atom. The lowest BCUT2D eigenvalue weighted by atomic mass is 10.1. The van der Waals surface area contributed by atoms with E-state index in [1.165, 1.54) is 0 Å². The zero-order valence-corrected chi connectivity index (χ0v) is 11.9. The maximum Gasteiger partial charge on any atom is 0.131 e. The van der Waals surface area contributed by atoms with Gasteiger partial charge >= 0.3 is 0 Å². The van der Waals surface area contributed by atoms with E-state index in [0.717, 1.165) is 27.7 Å². The largest absolute Gasteiger partial charge is 0.383 e. The molecule has 2 N–H and O–H groups in total. The first-order valence-electron chi connectivity index (χ1n) is 6.00. The molecule has 0 atom stereocenters. The van der Waals surface area contributed by atoms with Crippen LogP contribution in [0.3, 0.4) is 0 Å². The number of aryl methyl sites for hydroxylation is 1. The van der Waals surface area contributed by atoms with Gasteiger partial charge in [-0.25, -0.2) is 4.98 Å². The molecule has 2 aromatic rings. The maximum atomic E-state index is 6.15. The van der Waals surface area contributed by atoms with Gasteiger partial charge in [-0.2, -0.15) is 0 Å². The number of imidazole rings is 1. The number of anilines is 1. The van der Waals surface area contributed by atoms with Gasteiger partial charge in [0.1, 0.15) is 17.3 Å². The summed E-state index contributed by atoms with van der Waals surface area (Å²) < 4.78 is 1.95. The quantitative estimate of drug-likeness (QED) is 0.897. The molecular weight excluding hydrogens is 246 g/mol. The van der Waals surface area contributed by atoms with Gasteiger partial charge in [-0.15, -0.1) is 0 Å². The van der Waals surface area contributed by atoms with Crippen LogP contribution in [0.2, 0.25) is 5.02 Å². The van der Waals surface area contributed by atoms with Crippen LogP contribution in [0.4, 0.5) is 5.82 Å². The predicted molar refractivity (Wildman–Crippen MR) is 76.9 cm³/mol. The third-order valence-electron chi connectivity index (χ3n) is 3.13. The van der Waals surface area contributed by atoms with E-state index in [0.29, 0.717) is 11.7 Å². The van der Waals surface area contributed by atoms with Gasteiger partial charge in [0.2, 0.25) is 0 Å². The molecule has 0 aliphatic heterocycles. The average Bonchev–Trinajstić information content (AvgIpc) is 2.57. The SMILES string of the molecule is Cc1cc(Cl)ccc1-c1nc(C(C)C)n(C)c1N. The van der Waals surface area contributed by atoms with Gasteiger partial charge < -0.3 is 10.3 Å². The number of rotatable bonds is 2. The molecule has 0 spiro atoms. The monoisotopic (exact) mass is 263 g/mol. The van der Waals surface area contributed by atoms with E-state index in [-0.39, 0.29) is 0 Å². The first kappa shape index (κ1) is 13.0. The second kappa shape index (κ2) is 4.65. The molecule has 0 fully saturated rings. The minimum atomic E-state index is 0.346. The molecule has 0 amide bonds. The molecule has 1 heterocycles. The number of benzene rings is 1. The molecule has 0 saturated heterocycles. The highest BCUT2D eigenvalue weighted by atomic mass is 35.5. The summed E-state index contributed by atoms with van der Waals surface area (Å²) in [5, 5.41) is 0.731. The van der Waals surface area contributed by atoms with Crippen LogP contribution >= 0.6 is 11.6 Å². The first-order valence-corrected chi connectivity index (χ1v) is 6.38. The van der Waals surface area contributed by atoms with Crippen molar-refractivity contribution in [1.29, 1.82) is 0 Å². The second-order valence-corrected chi connectivity index (χ2v) is 5.31. The Morgan fingerprint density at radius 3 is 2.50 bits per heavy atom. The van der Waals surface area contributed by atoms with Gasteiger partial charge in [-0.3, -0.25) is 0 Å². The third-order valence-corrected chi connectivity index (χ3v) is 3.37. The van der Waals surface area contributed by atoms with Crippen LogP contribution in [-0.2, 0) is 7.05 Å². The highest BCUT2D eigenvalue weighted by molar-refractivity contribution is 6.30. The number of nitrogens with zero attached hydrogens (tertiary/aromatic N) is 2. The summed E-state index contributed by atoms with van der Waals surface area (Å²) in [4.78, 5) is 4.66. The first-order chi connectivity index (χ1) is 8.41. The fourth-order valence-electron chi connectivity index (χ4n) is 2.14. The summed E-state index contributed by atoms with van der Waals surface area (Å²) in [5.74, 6) is 2.04. The summed E-state index contributed by atoms with van der Waals surface area (Å²) in [6.07, 6.45) is 0. The van der Waals surface area contributed by atoms with Crippen LogP contribution in [0, 0.1) is 6.92 Å². The minimum absolute atomic E-state index is 0.346. The van der Waals surface area contributed by atoms with E-state index in [2.05, 4.69) is 18.8 Å². The normalized spacial score (nSPS) is 11.2.